The second-order valence-corrected chi connectivity index (χ2v) is 5.57. The Bertz CT molecular complexity index is 862. The molecular formula is C21H19NO3. The van der Waals surface area contributed by atoms with E-state index in [-0.39, 0.29) is 0 Å². The summed E-state index contributed by atoms with van der Waals surface area (Å²) in [6.07, 6.45) is -0.393. The molecule has 4 heteroatoms. The van der Waals surface area contributed by atoms with Crippen molar-refractivity contribution in [2.24, 2.45) is 0 Å². The number of anilines is 1. The second kappa shape index (κ2) is 7.53. The lowest BCUT2D eigenvalue weighted by Gasteiger charge is -2.21. The van der Waals surface area contributed by atoms with E-state index in [1.165, 1.54) is 7.11 Å². The summed E-state index contributed by atoms with van der Waals surface area (Å²) in [5, 5.41) is 0. The van der Waals surface area contributed by atoms with Gasteiger partial charge in [0.2, 0.25) is 0 Å². The van der Waals surface area contributed by atoms with E-state index in [4.69, 9.17) is 15.2 Å². The Morgan fingerprint density at radius 1 is 0.880 bits per heavy atom. The average molecular weight is 333 g/mol. The lowest BCUT2D eigenvalue weighted by Crippen LogP contribution is -2.13. The fourth-order valence-corrected chi connectivity index (χ4v) is 2.65. The monoisotopic (exact) mass is 333 g/mol. The summed E-state index contributed by atoms with van der Waals surface area (Å²) in [4.78, 5) is 12.0. The van der Waals surface area contributed by atoms with Gasteiger partial charge in [-0.1, -0.05) is 54.6 Å². The minimum absolute atomic E-state index is 0.384. The van der Waals surface area contributed by atoms with Gasteiger partial charge in [0.05, 0.1) is 7.11 Å². The Morgan fingerprint density at radius 2 is 1.56 bits per heavy atom. The van der Waals surface area contributed by atoms with Crippen molar-refractivity contribution >= 4 is 11.7 Å². The van der Waals surface area contributed by atoms with Crippen LogP contribution in [0.4, 0.5) is 5.69 Å². The van der Waals surface area contributed by atoms with Gasteiger partial charge >= 0.3 is 5.97 Å². The molecule has 1 unspecified atom stereocenters. The largest absolute Gasteiger partial charge is 0.480 e. The number of hydrogen-bond donors (Lipinski definition) is 1. The van der Waals surface area contributed by atoms with E-state index in [0.29, 0.717) is 17.0 Å². The van der Waals surface area contributed by atoms with Gasteiger partial charge in [-0.25, -0.2) is 4.79 Å². The van der Waals surface area contributed by atoms with Crippen LogP contribution in [0.2, 0.25) is 0 Å². The van der Waals surface area contributed by atoms with E-state index in [2.05, 4.69) is 0 Å². The molecule has 3 rings (SSSR count). The minimum atomic E-state index is -0.435. The standard InChI is InChI=1S/C21H19NO3/c1-24-21(23)18-12-5-6-13-19(18)25-20(15-8-3-2-4-9-15)16-10-7-11-17(22)14-16/h2-14,20H,22H2,1H3. The highest BCUT2D eigenvalue weighted by Crippen LogP contribution is 2.31. The maximum atomic E-state index is 12.0. The number of nitrogens with two attached hydrogens (primary N) is 1. The molecule has 0 radical (unpaired) electrons. The number of benzene rings is 3. The van der Waals surface area contributed by atoms with E-state index in [1.54, 1.807) is 18.2 Å². The smallest absolute Gasteiger partial charge is 0.341 e. The summed E-state index contributed by atoms with van der Waals surface area (Å²) in [6, 6.07) is 24.4. The minimum Gasteiger partial charge on any atom is -0.480 e. The van der Waals surface area contributed by atoms with Crippen LogP contribution in [0, 0.1) is 0 Å². The molecule has 0 aliphatic carbocycles. The molecule has 0 bridgehead atoms. The molecule has 0 saturated heterocycles. The van der Waals surface area contributed by atoms with Gasteiger partial charge in [0.25, 0.3) is 0 Å². The van der Waals surface area contributed by atoms with Gasteiger partial charge in [0.15, 0.2) is 0 Å². The van der Waals surface area contributed by atoms with E-state index in [1.807, 2.05) is 60.7 Å². The number of rotatable bonds is 5. The molecular weight excluding hydrogens is 314 g/mol. The zero-order chi connectivity index (χ0) is 17.6. The van der Waals surface area contributed by atoms with E-state index < -0.39 is 12.1 Å². The Morgan fingerprint density at radius 3 is 2.28 bits per heavy atom. The molecule has 0 aromatic heterocycles. The van der Waals surface area contributed by atoms with Crippen LogP contribution in [0.3, 0.4) is 0 Å². The number of para-hydroxylation sites is 1. The highest BCUT2D eigenvalue weighted by Gasteiger charge is 2.20. The van der Waals surface area contributed by atoms with Gasteiger partial charge in [-0.3, -0.25) is 0 Å². The summed E-state index contributed by atoms with van der Waals surface area (Å²) in [5.74, 6) is 0.0283. The maximum absolute atomic E-state index is 12.0. The fourth-order valence-electron chi connectivity index (χ4n) is 2.65. The van der Waals surface area contributed by atoms with Crippen LogP contribution < -0.4 is 10.5 Å². The van der Waals surface area contributed by atoms with Crippen LogP contribution in [0.25, 0.3) is 0 Å². The van der Waals surface area contributed by atoms with Crippen LogP contribution >= 0.6 is 0 Å². The first-order valence-corrected chi connectivity index (χ1v) is 7.93. The molecule has 0 heterocycles. The predicted octanol–water partition coefficient (Wildman–Crippen LogP) is 4.22. The van der Waals surface area contributed by atoms with Crippen molar-refractivity contribution in [3.63, 3.8) is 0 Å². The summed E-state index contributed by atoms with van der Waals surface area (Å²) >= 11 is 0. The lowest BCUT2D eigenvalue weighted by atomic mass is 10.0. The fraction of sp³-hybridized carbons (Fsp3) is 0.0952. The van der Waals surface area contributed by atoms with Crippen molar-refractivity contribution in [2.45, 2.75) is 6.10 Å². The molecule has 4 nitrogen and oxygen atoms in total. The van der Waals surface area contributed by atoms with Gasteiger partial charge in [0.1, 0.15) is 17.4 Å². The Balaban J connectivity index is 2.04. The van der Waals surface area contributed by atoms with Gasteiger partial charge in [0, 0.05) is 5.69 Å². The zero-order valence-electron chi connectivity index (χ0n) is 13.9. The van der Waals surface area contributed by atoms with Crippen molar-refractivity contribution in [1.29, 1.82) is 0 Å². The first kappa shape index (κ1) is 16.6. The van der Waals surface area contributed by atoms with Gasteiger partial charge in [-0.05, 0) is 35.4 Å². The number of carbonyl (C=O) groups excluding carboxylic acids is 1. The van der Waals surface area contributed by atoms with Crippen LogP contribution in [0.5, 0.6) is 5.75 Å². The highest BCUT2D eigenvalue weighted by atomic mass is 16.5. The summed E-state index contributed by atoms with van der Waals surface area (Å²) in [7, 11) is 1.35. The Kier molecular flexibility index (Phi) is 5.00. The predicted molar refractivity (Wildman–Crippen MR) is 97.5 cm³/mol. The van der Waals surface area contributed by atoms with Crippen LogP contribution in [0.15, 0.2) is 78.9 Å². The van der Waals surface area contributed by atoms with Crippen LogP contribution in [-0.4, -0.2) is 13.1 Å². The molecule has 0 saturated carbocycles. The van der Waals surface area contributed by atoms with E-state index >= 15 is 0 Å². The van der Waals surface area contributed by atoms with Gasteiger partial charge in [-0.2, -0.15) is 0 Å². The SMILES string of the molecule is COC(=O)c1ccccc1OC(c1ccccc1)c1cccc(N)c1. The molecule has 1 atom stereocenters. The molecule has 2 N–H and O–H groups in total. The first-order chi connectivity index (χ1) is 12.2. The lowest BCUT2D eigenvalue weighted by molar-refractivity contribution is 0.0594. The molecule has 0 spiro atoms. The molecule has 0 aliphatic heterocycles. The molecule has 126 valence electrons. The summed E-state index contributed by atoms with van der Waals surface area (Å²) < 4.78 is 11.1. The van der Waals surface area contributed by atoms with Gasteiger partial charge in [-0.15, -0.1) is 0 Å². The highest BCUT2D eigenvalue weighted by molar-refractivity contribution is 5.92. The molecule has 3 aromatic rings. The third-order valence-electron chi connectivity index (χ3n) is 3.85. The zero-order valence-corrected chi connectivity index (χ0v) is 13.9. The third kappa shape index (κ3) is 3.80. The second-order valence-electron chi connectivity index (χ2n) is 5.57. The average Bonchev–Trinajstić information content (AvgIpc) is 2.66. The van der Waals surface area contributed by atoms with E-state index in [0.717, 1.165) is 11.1 Å². The number of nitrogen functional groups attached to an aromatic ring is 1. The third-order valence-corrected chi connectivity index (χ3v) is 3.85. The summed E-state index contributed by atoms with van der Waals surface area (Å²) in [5.41, 5.74) is 8.85. The number of carbonyl (C=O) groups is 1. The van der Waals surface area contributed by atoms with Crippen molar-refractivity contribution in [3.8, 4) is 5.75 Å². The quantitative estimate of drug-likeness (QED) is 0.561. The van der Waals surface area contributed by atoms with Gasteiger partial charge < -0.3 is 15.2 Å². The number of hydrogen-bond acceptors (Lipinski definition) is 4. The van der Waals surface area contributed by atoms with Crippen molar-refractivity contribution < 1.29 is 14.3 Å². The first-order valence-electron chi connectivity index (χ1n) is 7.93. The Labute approximate surface area is 146 Å². The van der Waals surface area contributed by atoms with Crippen molar-refractivity contribution in [1.82, 2.24) is 0 Å². The molecule has 3 aromatic carbocycles. The molecule has 25 heavy (non-hydrogen) atoms. The van der Waals surface area contributed by atoms with Crippen molar-refractivity contribution in [2.75, 3.05) is 12.8 Å². The number of methoxy groups -OCH3 is 1. The Hall–Kier alpha value is -3.27. The maximum Gasteiger partial charge on any atom is 0.341 e. The van der Waals surface area contributed by atoms with Crippen LogP contribution in [-0.2, 0) is 4.74 Å². The molecule has 0 fully saturated rings. The van der Waals surface area contributed by atoms with Crippen LogP contribution in [0.1, 0.15) is 27.6 Å². The van der Waals surface area contributed by atoms with E-state index in [9.17, 15) is 4.79 Å². The molecule has 0 aliphatic rings. The number of esters is 1. The number of ether oxygens (including phenoxy) is 2. The normalized spacial score (nSPS) is 11.6. The molecule has 0 amide bonds. The topological polar surface area (TPSA) is 61.5 Å². The summed E-state index contributed by atoms with van der Waals surface area (Å²) in [6.45, 7) is 0. The van der Waals surface area contributed by atoms with Crippen molar-refractivity contribution in [3.05, 3.63) is 95.6 Å².